The fourth-order valence-electron chi connectivity index (χ4n) is 1.43. The van der Waals surface area contributed by atoms with Crippen LogP contribution >= 0.6 is 0 Å². The molecule has 0 aliphatic heterocycles. The van der Waals surface area contributed by atoms with Crippen LogP contribution in [0.2, 0.25) is 0 Å². The lowest BCUT2D eigenvalue weighted by Gasteiger charge is -2.26. The summed E-state index contributed by atoms with van der Waals surface area (Å²) in [5, 5.41) is 18.6. The van der Waals surface area contributed by atoms with Crippen LogP contribution < -0.4 is 11.5 Å². The van der Waals surface area contributed by atoms with Crippen LogP contribution in [0.3, 0.4) is 0 Å². The van der Waals surface area contributed by atoms with E-state index in [1.54, 1.807) is 20.8 Å². The third kappa shape index (κ3) is 11.2. The van der Waals surface area contributed by atoms with Crippen LogP contribution in [0.4, 0.5) is 0 Å². The van der Waals surface area contributed by atoms with Crippen LogP contribution in [0.5, 0.6) is 0 Å². The van der Waals surface area contributed by atoms with Crippen LogP contribution in [0.25, 0.3) is 0 Å². The number of carbonyl (C=O) groups excluding carboxylic acids is 1. The van der Waals surface area contributed by atoms with Crippen molar-refractivity contribution < 1.29 is 19.8 Å². The van der Waals surface area contributed by atoms with E-state index in [-0.39, 0.29) is 18.2 Å². The van der Waals surface area contributed by atoms with E-state index in [0.29, 0.717) is 18.8 Å². The summed E-state index contributed by atoms with van der Waals surface area (Å²) >= 11 is 0. The number of carboxylic acid groups (broad SMARTS) is 1. The number of carbonyl (C=O) groups is 2. The van der Waals surface area contributed by atoms with E-state index in [0.717, 1.165) is 6.42 Å². The smallest absolute Gasteiger partial charge is 0.323 e. The molecular formula is C15H32N2O4. The molecule has 21 heavy (non-hydrogen) atoms. The topological polar surface area (TPSA) is 127 Å². The van der Waals surface area contributed by atoms with Gasteiger partial charge in [-0.1, -0.05) is 34.6 Å². The Kier molecular flexibility index (Phi) is 11.1. The zero-order valence-electron chi connectivity index (χ0n) is 13.9. The lowest BCUT2D eigenvalue weighted by molar-refractivity contribution is -0.144. The average molecular weight is 304 g/mol. The van der Waals surface area contributed by atoms with E-state index in [9.17, 15) is 14.7 Å². The number of aliphatic hydroxyl groups excluding tert-OH is 1. The summed E-state index contributed by atoms with van der Waals surface area (Å²) in [4.78, 5) is 20.8. The van der Waals surface area contributed by atoms with Gasteiger partial charge in [-0.05, 0) is 25.2 Å². The zero-order valence-corrected chi connectivity index (χ0v) is 13.9. The third-order valence-electron chi connectivity index (χ3n) is 3.30. The molecule has 1 amide bonds. The lowest BCUT2D eigenvalue weighted by Crippen LogP contribution is -2.49. The van der Waals surface area contributed by atoms with Crippen molar-refractivity contribution in [2.24, 2.45) is 23.3 Å². The standard InChI is InChI=1S/C11H23NO3.C4H9NO/c1-4-11(12,10(14)15)7-9(13)6-5-8(2)3;1-3(2)4(5)6/h8-9,13H,4-7,12H2,1-3H3,(H,14,15);3H,1-2H3,(H2,5,6). The molecule has 0 heterocycles. The molecule has 126 valence electrons. The first-order valence-electron chi connectivity index (χ1n) is 7.45. The molecule has 2 atom stereocenters. The molecule has 0 saturated carbocycles. The van der Waals surface area contributed by atoms with Gasteiger partial charge in [-0.2, -0.15) is 0 Å². The highest BCUT2D eigenvalue weighted by molar-refractivity contribution is 5.78. The summed E-state index contributed by atoms with van der Waals surface area (Å²) in [6.07, 6.45) is 1.35. The second-order valence-corrected chi connectivity index (χ2v) is 6.20. The lowest BCUT2D eigenvalue weighted by atomic mass is 9.88. The molecule has 0 rings (SSSR count). The summed E-state index contributed by atoms with van der Waals surface area (Å²) in [6, 6.07) is 0. The SMILES string of the molecule is CC(C)C(N)=O.CCC(N)(CC(O)CCC(C)C)C(=O)O. The molecule has 0 fully saturated rings. The predicted molar refractivity (Wildman–Crippen MR) is 83.6 cm³/mol. The number of aliphatic carboxylic acids is 1. The Morgan fingerprint density at radius 3 is 1.81 bits per heavy atom. The van der Waals surface area contributed by atoms with Crippen LogP contribution in [0, 0.1) is 11.8 Å². The Hall–Kier alpha value is -1.14. The fraction of sp³-hybridized carbons (Fsp3) is 0.867. The van der Waals surface area contributed by atoms with Crippen molar-refractivity contribution in [1.82, 2.24) is 0 Å². The molecule has 6 heteroatoms. The Labute approximate surface area is 127 Å². The highest BCUT2D eigenvalue weighted by Gasteiger charge is 2.34. The maximum atomic E-state index is 10.9. The summed E-state index contributed by atoms with van der Waals surface area (Å²) < 4.78 is 0. The van der Waals surface area contributed by atoms with Crippen molar-refractivity contribution in [2.75, 3.05) is 0 Å². The normalized spacial score (nSPS) is 15.1. The summed E-state index contributed by atoms with van der Waals surface area (Å²) in [5.41, 5.74) is 9.20. The summed E-state index contributed by atoms with van der Waals surface area (Å²) in [5.74, 6) is -0.771. The zero-order chi connectivity index (χ0) is 17.2. The van der Waals surface area contributed by atoms with Crippen molar-refractivity contribution in [3.8, 4) is 0 Å². The molecule has 0 aliphatic carbocycles. The van der Waals surface area contributed by atoms with Gasteiger partial charge in [0, 0.05) is 12.3 Å². The molecule has 0 aromatic rings. The van der Waals surface area contributed by atoms with Gasteiger partial charge in [0.05, 0.1) is 6.10 Å². The highest BCUT2D eigenvalue weighted by atomic mass is 16.4. The molecule has 2 unspecified atom stereocenters. The van der Waals surface area contributed by atoms with Gasteiger partial charge in [0.15, 0.2) is 0 Å². The minimum absolute atomic E-state index is 0.00926. The van der Waals surface area contributed by atoms with Gasteiger partial charge in [-0.25, -0.2) is 0 Å². The van der Waals surface area contributed by atoms with E-state index in [4.69, 9.17) is 16.6 Å². The van der Waals surface area contributed by atoms with Crippen LogP contribution in [-0.2, 0) is 9.59 Å². The molecule has 0 aromatic carbocycles. The van der Waals surface area contributed by atoms with Crippen LogP contribution in [0.15, 0.2) is 0 Å². The first-order valence-corrected chi connectivity index (χ1v) is 7.45. The van der Waals surface area contributed by atoms with E-state index >= 15 is 0 Å². The predicted octanol–water partition coefficient (Wildman–Crippen LogP) is 1.49. The average Bonchev–Trinajstić information content (AvgIpc) is 2.36. The number of carboxylic acids is 1. The van der Waals surface area contributed by atoms with Gasteiger partial charge < -0.3 is 21.7 Å². The number of rotatable bonds is 8. The number of nitrogens with two attached hydrogens (primary N) is 2. The Morgan fingerprint density at radius 2 is 1.57 bits per heavy atom. The second-order valence-electron chi connectivity index (χ2n) is 6.20. The molecule has 0 saturated heterocycles. The summed E-state index contributed by atoms with van der Waals surface area (Å²) in [6.45, 7) is 9.40. The summed E-state index contributed by atoms with van der Waals surface area (Å²) in [7, 11) is 0. The molecule has 0 bridgehead atoms. The van der Waals surface area contributed by atoms with Gasteiger partial charge in [0.1, 0.15) is 5.54 Å². The van der Waals surface area contributed by atoms with E-state index < -0.39 is 17.6 Å². The minimum Gasteiger partial charge on any atom is -0.480 e. The monoisotopic (exact) mass is 304 g/mol. The van der Waals surface area contributed by atoms with Crippen molar-refractivity contribution in [2.45, 2.75) is 71.9 Å². The molecular weight excluding hydrogens is 272 g/mol. The first-order chi connectivity index (χ1) is 9.46. The van der Waals surface area contributed by atoms with E-state index in [1.807, 2.05) is 0 Å². The number of aliphatic hydroxyl groups is 1. The fourth-order valence-corrected chi connectivity index (χ4v) is 1.43. The molecule has 0 radical (unpaired) electrons. The van der Waals surface area contributed by atoms with Crippen molar-refractivity contribution >= 4 is 11.9 Å². The number of amides is 1. The molecule has 0 aliphatic rings. The van der Waals surface area contributed by atoms with Gasteiger partial charge in [-0.3, -0.25) is 9.59 Å². The van der Waals surface area contributed by atoms with E-state index in [2.05, 4.69) is 13.8 Å². The van der Waals surface area contributed by atoms with Gasteiger partial charge in [0.25, 0.3) is 0 Å². The van der Waals surface area contributed by atoms with Crippen molar-refractivity contribution in [3.05, 3.63) is 0 Å². The first kappa shape index (κ1) is 22.1. The van der Waals surface area contributed by atoms with Crippen molar-refractivity contribution in [3.63, 3.8) is 0 Å². The Balaban J connectivity index is 0. The van der Waals surface area contributed by atoms with Gasteiger partial charge >= 0.3 is 5.97 Å². The van der Waals surface area contributed by atoms with Gasteiger partial charge in [0.2, 0.25) is 5.91 Å². The Bertz CT molecular complexity index is 319. The van der Waals surface area contributed by atoms with Crippen LogP contribution in [-0.4, -0.2) is 33.7 Å². The molecule has 0 aromatic heterocycles. The third-order valence-corrected chi connectivity index (χ3v) is 3.30. The number of hydrogen-bond donors (Lipinski definition) is 4. The second kappa shape index (κ2) is 10.6. The molecule has 6 nitrogen and oxygen atoms in total. The quantitative estimate of drug-likeness (QED) is 0.540. The number of primary amides is 1. The van der Waals surface area contributed by atoms with Gasteiger partial charge in [-0.15, -0.1) is 0 Å². The highest BCUT2D eigenvalue weighted by Crippen LogP contribution is 2.18. The molecule has 0 spiro atoms. The number of hydrogen-bond acceptors (Lipinski definition) is 4. The largest absolute Gasteiger partial charge is 0.480 e. The van der Waals surface area contributed by atoms with E-state index in [1.165, 1.54) is 0 Å². The minimum atomic E-state index is -1.28. The van der Waals surface area contributed by atoms with Crippen molar-refractivity contribution in [1.29, 1.82) is 0 Å². The van der Waals surface area contributed by atoms with Crippen LogP contribution in [0.1, 0.15) is 60.3 Å². The molecule has 6 N–H and O–H groups in total. The maximum absolute atomic E-state index is 10.9. The Morgan fingerprint density at radius 1 is 1.14 bits per heavy atom. The maximum Gasteiger partial charge on any atom is 0.323 e.